The zero-order chi connectivity index (χ0) is 17.1. The molecular weight excluding hydrogens is 308 g/mol. The van der Waals surface area contributed by atoms with Crippen molar-refractivity contribution in [3.05, 3.63) is 30.6 Å². The predicted octanol–water partition coefficient (Wildman–Crippen LogP) is 1.09. The van der Waals surface area contributed by atoms with Gasteiger partial charge in [0.25, 0.3) is 0 Å². The van der Waals surface area contributed by atoms with E-state index in [4.69, 9.17) is 5.11 Å². The third-order valence-electron chi connectivity index (χ3n) is 4.58. The number of rotatable bonds is 7. The Kier molecular flexibility index (Phi) is 4.80. The molecule has 1 heterocycles. The molecule has 1 amide bonds. The molecule has 0 spiro atoms. The highest BCUT2D eigenvalue weighted by Crippen LogP contribution is 2.25. The molecule has 2 aromatic rings. The quantitative estimate of drug-likeness (QED) is 0.793. The van der Waals surface area contributed by atoms with Gasteiger partial charge in [0.1, 0.15) is 6.54 Å². The molecular formula is C17H22N4O3. The molecule has 0 aliphatic heterocycles. The van der Waals surface area contributed by atoms with Gasteiger partial charge in [-0.15, -0.1) is 0 Å². The number of para-hydroxylation sites is 2. The number of carboxylic acid groups (broad SMARTS) is 1. The molecule has 24 heavy (non-hydrogen) atoms. The molecule has 0 atom stereocenters. The van der Waals surface area contributed by atoms with Crippen molar-refractivity contribution in [3.8, 4) is 0 Å². The van der Waals surface area contributed by atoms with E-state index in [1.54, 1.807) is 6.33 Å². The maximum Gasteiger partial charge on any atom is 0.317 e. The standard InChI is InChI=1S/C17H22N4O3/c1-2-20(10-17(23)24)13-7-12(8-13)19-16(22)9-21-11-18-14-5-3-4-6-15(14)21/h3-6,11-13H,2,7-10H2,1H3,(H,19,22)(H,23,24). The number of nitrogens with zero attached hydrogens (tertiary/aromatic N) is 3. The second kappa shape index (κ2) is 7.00. The van der Waals surface area contributed by atoms with Crippen molar-refractivity contribution in [2.24, 2.45) is 0 Å². The van der Waals surface area contributed by atoms with Crippen LogP contribution in [0.3, 0.4) is 0 Å². The van der Waals surface area contributed by atoms with Crippen molar-refractivity contribution in [2.75, 3.05) is 13.1 Å². The number of hydrogen-bond donors (Lipinski definition) is 2. The van der Waals surface area contributed by atoms with Crippen LogP contribution in [-0.4, -0.2) is 56.6 Å². The van der Waals surface area contributed by atoms with Gasteiger partial charge >= 0.3 is 5.97 Å². The van der Waals surface area contributed by atoms with Crippen molar-refractivity contribution >= 4 is 22.9 Å². The number of nitrogens with one attached hydrogen (secondary N) is 1. The van der Waals surface area contributed by atoms with E-state index in [2.05, 4.69) is 10.3 Å². The highest BCUT2D eigenvalue weighted by atomic mass is 16.4. The van der Waals surface area contributed by atoms with Gasteiger partial charge in [-0.05, 0) is 31.5 Å². The lowest BCUT2D eigenvalue weighted by molar-refractivity contribution is -0.139. The van der Waals surface area contributed by atoms with E-state index in [1.807, 2.05) is 40.7 Å². The number of benzene rings is 1. The van der Waals surface area contributed by atoms with Crippen molar-refractivity contribution in [1.82, 2.24) is 19.8 Å². The Bertz CT molecular complexity index is 736. The molecule has 1 aromatic heterocycles. The van der Waals surface area contributed by atoms with Gasteiger partial charge in [0.05, 0.1) is 23.9 Å². The van der Waals surface area contributed by atoms with Crippen molar-refractivity contribution in [1.29, 1.82) is 0 Å². The summed E-state index contributed by atoms with van der Waals surface area (Å²) in [5, 5.41) is 11.9. The number of carbonyl (C=O) groups is 2. The number of amides is 1. The number of imidazole rings is 1. The zero-order valence-corrected chi connectivity index (χ0v) is 13.7. The van der Waals surface area contributed by atoms with Gasteiger partial charge in [-0.2, -0.15) is 0 Å². The molecule has 1 aliphatic carbocycles. The van der Waals surface area contributed by atoms with Crippen LogP contribution in [0.15, 0.2) is 30.6 Å². The van der Waals surface area contributed by atoms with Crippen LogP contribution in [-0.2, 0) is 16.1 Å². The Hall–Kier alpha value is -2.41. The number of carboxylic acids is 1. The Morgan fingerprint density at radius 2 is 2.12 bits per heavy atom. The first kappa shape index (κ1) is 16.4. The molecule has 1 aromatic carbocycles. The normalized spacial score (nSPS) is 20.1. The number of hydrogen-bond acceptors (Lipinski definition) is 4. The molecule has 1 aliphatic rings. The Balaban J connectivity index is 1.49. The third-order valence-corrected chi connectivity index (χ3v) is 4.58. The number of aromatic nitrogens is 2. The van der Waals surface area contributed by atoms with Gasteiger partial charge in [0.2, 0.25) is 5.91 Å². The average molecular weight is 330 g/mol. The van der Waals surface area contributed by atoms with Crippen LogP contribution in [0.1, 0.15) is 19.8 Å². The maximum absolute atomic E-state index is 12.2. The van der Waals surface area contributed by atoms with E-state index < -0.39 is 5.97 Å². The molecule has 0 bridgehead atoms. The molecule has 7 heteroatoms. The summed E-state index contributed by atoms with van der Waals surface area (Å²) in [6, 6.07) is 8.08. The second-order valence-corrected chi connectivity index (χ2v) is 6.21. The smallest absolute Gasteiger partial charge is 0.317 e. The van der Waals surface area contributed by atoms with Crippen LogP contribution in [0.4, 0.5) is 0 Å². The van der Waals surface area contributed by atoms with Gasteiger partial charge in [0.15, 0.2) is 0 Å². The lowest BCUT2D eigenvalue weighted by atomic mass is 9.85. The van der Waals surface area contributed by atoms with Gasteiger partial charge in [-0.1, -0.05) is 19.1 Å². The fraction of sp³-hybridized carbons (Fsp3) is 0.471. The van der Waals surface area contributed by atoms with E-state index in [0.717, 1.165) is 23.9 Å². The van der Waals surface area contributed by atoms with Crippen LogP contribution >= 0.6 is 0 Å². The fourth-order valence-electron chi connectivity index (χ4n) is 3.24. The fourth-order valence-corrected chi connectivity index (χ4v) is 3.24. The minimum atomic E-state index is -0.809. The summed E-state index contributed by atoms with van der Waals surface area (Å²) in [5.41, 5.74) is 1.82. The van der Waals surface area contributed by atoms with Crippen molar-refractivity contribution in [2.45, 2.75) is 38.4 Å². The predicted molar refractivity (Wildman–Crippen MR) is 89.6 cm³/mol. The van der Waals surface area contributed by atoms with E-state index in [1.165, 1.54) is 0 Å². The van der Waals surface area contributed by atoms with E-state index >= 15 is 0 Å². The van der Waals surface area contributed by atoms with Gasteiger partial charge in [0, 0.05) is 12.1 Å². The second-order valence-electron chi connectivity index (χ2n) is 6.21. The van der Waals surface area contributed by atoms with E-state index in [-0.39, 0.29) is 31.1 Å². The van der Waals surface area contributed by atoms with Gasteiger partial charge < -0.3 is 15.0 Å². The molecule has 1 saturated carbocycles. The van der Waals surface area contributed by atoms with Crippen LogP contribution in [0, 0.1) is 0 Å². The Morgan fingerprint density at radius 1 is 1.38 bits per heavy atom. The first-order valence-corrected chi connectivity index (χ1v) is 8.22. The minimum absolute atomic E-state index is 0.0390. The number of carbonyl (C=O) groups excluding carboxylic acids is 1. The summed E-state index contributed by atoms with van der Waals surface area (Å²) in [5.74, 6) is -0.848. The summed E-state index contributed by atoms with van der Waals surface area (Å²) in [4.78, 5) is 29.3. The number of likely N-dealkylation sites (N-methyl/N-ethyl adjacent to an activating group) is 1. The van der Waals surface area contributed by atoms with Crippen LogP contribution in [0.5, 0.6) is 0 Å². The molecule has 1 fully saturated rings. The number of aliphatic carboxylic acids is 1. The molecule has 7 nitrogen and oxygen atoms in total. The topological polar surface area (TPSA) is 87.5 Å². The van der Waals surface area contributed by atoms with Crippen molar-refractivity contribution in [3.63, 3.8) is 0 Å². The lowest BCUT2D eigenvalue weighted by Crippen LogP contribution is -2.55. The Morgan fingerprint density at radius 3 is 2.83 bits per heavy atom. The highest BCUT2D eigenvalue weighted by molar-refractivity contribution is 5.80. The van der Waals surface area contributed by atoms with Crippen LogP contribution in [0.25, 0.3) is 11.0 Å². The maximum atomic E-state index is 12.2. The molecule has 128 valence electrons. The molecule has 3 rings (SSSR count). The number of fused-ring (bicyclic) bond motifs is 1. The molecule has 2 N–H and O–H groups in total. The largest absolute Gasteiger partial charge is 0.480 e. The molecule has 0 saturated heterocycles. The van der Waals surface area contributed by atoms with Gasteiger partial charge in [-0.25, -0.2) is 4.98 Å². The van der Waals surface area contributed by atoms with Crippen LogP contribution in [0.2, 0.25) is 0 Å². The lowest BCUT2D eigenvalue weighted by Gasteiger charge is -2.42. The van der Waals surface area contributed by atoms with E-state index in [9.17, 15) is 9.59 Å². The van der Waals surface area contributed by atoms with Crippen molar-refractivity contribution < 1.29 is 14.7 Å². The highest BCUT2D eigenvalue weighted by Gasteiger charge is 2.34. The first-order valence-electron chi connectivity index (χ1n) is 8.22. The minimum Gasteiger partial charge on any atom is -0.480 e. The molecule has 0 unspecified atom stereocenters. The van der Waals surface area contributed by atoms with E-state index in [0.29, 0.717) is 6.54 Å². The first-order chi connectivity index (χ1) is 11.6. The van der Waals surface area contributed by atoms with Gasteiger partial charge in [-0.3, -0.25) is 14.5 Å². The monoisotopic (exact) mass is 330 g/mol. The summed E-state index contributed by atoms with van der Waals surface area (Å²) < 4.78 is 1.84. The summed E-state index contributed by atoms with van der Waals surface area (Å²) >= 11 is 0. The summed E-state index contributed by atoms with van der Waals surface area (Å²) in [7, 11) is 0. The SMILES string of the molecule is CCN(CC(=O)O)C1CC(NC(=O)Cn2cnc3ccccc32)C1. The summed E-state index contributed by atoms with van der Waals surface area (Å²) in [6.07, 6.45) is 3.29. The summed E-state index contributed by atoms with van der Waals surface area (Å²) in [6.45, 7) is 2.97. The molecule has 0 radical (unpaired) electrons. The third kappa shape index (κ3) is 3.56. The Labute approximate surface area is 140 Å². The average Bonchev–Trinajstić information content (AvgIpc) is 2.91. The van der Waals surface area contributed by atoms with Crippen LogP contribution < -0.4 is 5.32 Å². The zero-order valence-electron chi connectivity index (χ0n) is 13.7.